The molecule has 1 aliphatic rings. The van der Waals surface area contributed by atoms with Crippen LogP contribution in [0.2, 0.25) is 0 Å². The summed E-state index contributed by atoms with van der Waals surface area (Å²) in [6.07, 6.45) is 1.80. The van der Waals surface area contributed by atoms with Crippen LogP contribution in [0.5, 0.6) is 5.75 Å². The Bertz CT molecular complexity index is 4060. The van der Waals surface area contributed by atoms with E-state index in [1.54, 1.807) is 13.3 Å². The second-order valence-corrected chi connectivity index (χ2v) is 32.6. The molecule has 0 bridgehead atoms. The van der Waals surface area contributed by atoms with Crippen molar-refractivity contribution in [3.8, 4) is 16.9 Å². The summed E-state index contributed by atoms with van der Waals surface area (Å²) in [5, 5.41) is 21.1. The first-order valence-electron chi connectivity index (χ1n) is 33.8. The normalized spacial score (nSPS) is 12.6. The summed E-state index contributed by atoms with van der Waals surface area (Å²) in [7, 11) is -0.106. The molecule has 102 heavy (non-hydrogen) atoms. The van der Waals surface area contributed by atoms with Crippen molar-refractivity contribution < 1.29 is 25.2 Å². The van der Waals surface area contributed by atoms with Crippen molar-refractivity contribution in [2.45, 2.75) is 19.0 Å². The van der Waals surface area contributed by atoms with Gasteiger partial charge in [0.05, 0.1) is 19.3 Å². The molecule has 5 nitrogen and oxygen atoms in total. The third-order valence-electron chi connectivity index (χ3n) is 16.9. The van der Waals surface area contributed by atoms with Gasteiger partial charge in [-0.25, -0.2) is 0 Å². The van der Waals surface area contributed by atoms with Crippen molar-refractivity contribution in [2.75, 3.05) is 7.11 Å². The summed E-state index contributed by atoms with van der Waals surface area (Å²) in [5.41, 5.74) is 9.88. The SMILES string of the molecule is COc1cccc(-c2cccc([C@@]3(C)N=C(N)Cn4nccc43)c2)c1.[Pd].c1ccc(P(c2ccccc2)c2ccccc2)cc1.c1ccc(P(c2ccccc2)c2ccccc2)cc1.c1ccc(P(c2ccccc2)c2ccccc2)cc1.c1ccc(P(c2ccccc2)c2ccccc2)cc1. The number of aliphatic imine (C=N–C) groups is 1. The van der Waals surface area contributed by atoms with Gasteiger partial charge in [0.1, 0.15) is 17.1 Å². The Morgan fingerprint density at radius 3 is 0.784 bits per heavy atom. The summed E-state index contributed by atoms with van der Waals surface area (Å²) in [4.78, 5) is 4.78. The number of amidine groups is 1. The molecular formula is C92H80N4OP4Pd. The van der Waals surface area contributed by atoms with Gasteiger partial charge in [0.25, 0.3) is 0 Å². The number of hydrogen-bond acceptors (Lipinski definition) is 4. The van der Waals surface area contributed by atoms with E-state index in [-0.39, 0.29) is 20.4 Å². The fraction of sp³-hybridized carbons (Fsp3) is 0.0435. The maximum absolute atomic E-state index is 6.08. The van der Waals surface area contributed by atoms with Gasteiger partial charge in [-0.15, -0.1) is 0 Å². The molecule has 14 aromatic carbocycles. The van der Waals surface area contributed by atoms with Crippen LogP contribution < -0.4 is 74.1 Å². The summed E-state index contributed by atoms with van der Waals surface area (Å²) in [5.74, 6) is 1.43. The van der Waals surface area contributed by atoms with Gasteiger partial charge in [0.2, 0.25) is 0 Å². The number of benzene rings is 14. The number of nitrogens with zero attached hydrogens (tertiary/aromatic N) is 3. The molecule has 1 atom stereocenters. The summed E-state index contributed by atoms with van der Waals surface area (Å²) in [6, 6.07) is 148. The molecule has 1 aromatic heterocycles. The van der Waals surface area contributed by atoms with Gasteiger partial charge in [-0.05, 0) is 143 Å². The van der Waals surface area contributed by atoms with Crippen LogP contribution in [0.4, 0.5) is 0 Å². The summed E-state index contributed by atoms with van der Waals surface area (Å²) in [6.45, 7) is 2.62. The average molecular weight is 1490 g/mol. The Labute approximate surface area is 621 Å². The molecule has 0 saturated heterocycles. The molecule has 10 heteroatoms. The maximum Gasteiger partial charge on any atom is 0.126 e. The number of aromatic nitrogens is 2. The van der Waals surface area contributed by atoms with Gasteiger partial charge < -0.3 is 10.5 Å². The fourth-order valence-electron chi connectivity index (χ4n) is 12.1. The van der Waals surface area contributed by atoms with Gasteiger partial charge in [-0.1, -0.05) is 394 Å². The van der Waals surface area contributed by atoms with E-state index in [1.165, 1.54) is 63.7 Å². The zero-order valence-corrected chi connectivity index (χ0v) is 62.2. The van der Waals surface area contributed by atoms with Crippen molar-refractivity contribution >= 4 is 101 Å². The third kappa shape index (κ3) is 19.5. The van der Waals surface area contributed by atoms with Crippen LogP contribution in [0.15, 0.2) is 430 Å². The first-order chi connectivity index (χ1) is 49.9. The predicted octanol–water partition coefficient (Wildman–Crippen LogP) is 17.0. The maximum atomic E-state index is 6.08. The summed E-state index contributed by atoms with van der Waals surface area (Å²) >= 11 is 0. The molecule has 504 valence electrons. The Hall–Kier alpha value is -10.1. The van der Waals surface area contributed by atoms with E-state index in [0.29, 0.717) is 12.4 Å². The van der Waals surface area contributed by atoms with Crippen LogP contribution in [0.25, 0.3) is 11.1 Å². The van der Waals surface area contributed by atoms with E-state index < -0.39 is 37.2 Å². The van der Waals surface area contributed by atoms with Crippen LogP contribution in [0, 0.1) is 0 Å². The predicted molar refractivity (Wildman–Crippen MR) is 439 cm³/mol. The molecule has 16 rings (SSSR count). The molecule has 0 amide bonds. The van der Waals surface area contributed by atoms with Crippen LogP contribution in [-0.2, 0) is 32.5 Å². The second-order valence-electron chi connectivity index (χ2n) is 23.7. The van der Waals surface area contributed by atoms with Gasteiger partial charge in [0, 0.05) is 26.6 Å². The first kappa shape index (κ1) is 73.2. The zero-order chi connectivity index (χ0) is 69.1. The van der Waals surface area contributed by atoms with Crippen LogP contribution in [0.3, 0.4) is 0 Å². The van der Waals surface area contributed by atoms with Gasteiger partial charge >= 0.3 is 0 Å². The van der Waals surface area contributed by atoms with Crippen molar-refractivity contribution in [2.24, 2.45) is 10.7 Å². The largest absolute Gasteiger partial charge is 0.497 e. The number of fused-ring (bicyclic) bond motifs is 1. The topological polar surface area (TPSA) is 65.4 Å². The minimum atomic E-state index is -0.548. The Morgan fingerprint density at radius 1 is 0.304 bits per heavy atom. The minimum Gasteiger partial charge on any atom is -0.497 e. The number of nitrogens with two attached hydrogens (primary N) is 1. The van der Waals surface area contributed by atoms with Crippen LogP contribution in [0.1, 0.15) is 18.2 Å². The molecule has 0 aliphatic carbocycles. The Morgan fingerprint density at radius 2 is 0.539 bits per heavy atom. The van der Waals surface area contributed by atoms with Gasteiger partial charge in [0.15, 0.2) is 0 Å². The molecule has 0 spiro atoms. The molecule has 0 fully saturated rings. The number of methoxy groups -OCH3 is 1. The molecule has 0 saturated carbocycles. The van der Waals surface area contributed by atoms with Crippen molar-refractivity contribution in [1.29, 1.82) is 0 Å². The molecular weight excluding hydrogens is 1410 g/mol. The van der Waals surface area contributed by atoms with E-state index in [4.69, 9.17) is 15.5 Å². The quantitative estimate of drug-likeness (QED) is 0.0822. The average Bonchev–Trinajstić information content (AvgIpc) is 1.50. The standard InChI is InChI=1S/C20H20N4O.4C18H15P.Pd/c1-20(18-9-10-22-24(18)13-19(21)23-20)16-7-3-5-14(11-16)15-6-4-8-17(12-15)25-2;4*1-4-10-16(11-5-1)19(17-12-6-2-7-13-17)18-14-8-3-9-15-18;/h3-12H,13H2,1-2H3,(H2,21,23);4*1-15H;/t20-;;;;;/m1...../s1. The van der Waals surface area contributed by atoms with Crippen molar-refractivity contribution in [3.63, 3.8) is 0 Å². The van der Waals surface area contributed by atoms with Crippen LogP contribution in [-0.4, -0.2) is 22.7 Å². The molecule has 1 aliphatic heterocycles. The van der Waals surface area contributed by atoms with Gasteiger partial charge in [-0.3, -0.25) is 9.67 Å². The molecule has 2 heterocycles. The van der Waals surface area contributed by atoms with E-state index in [9.17, 15) is 0 Å². The molecule has 0 unspecified atom stereocenters. The Balaban J connectivity index is 0.000000128. The monoisotopic (exact) mass is 1490 g/mol. The van der Waals surface area contributed by atoms with Crippen LogP contribution >= 0.6 is 31.7 Å². The molecule has 0 radical (unpaired) electrons. The second kappa shape index (κ2) is 38.1. The van der Waals surface area contributed by atoms with E-state index in [0.717, 1.165) is 28.1 Å². The fourth-order valence-corrected chi connectivity index (χ4v) is 21.4. The zero-order valence-electron chi connectivity index (χ0n) is 57.1. The smallest absolute Gasteiger partial charge is 0.126 e. The third-order valence-corrected chi connectivity index (χ3v) is 26.7. The first-order valence-corrected chi connectivity index (χ1v) is 39.2. The number of ether oxygens (including phenoxy) is 1. The summed E-state index contributed by atoms with van der Waals surface area (Å²) < 4.78 is 7.26. The number of hydrogen-bond donors (Lipinski definition) is 1. The molecule has 2 N–H and O–H groups in total. The van der Waals surface area contributed by atoms with E-state index in [2.05, 4.69) is 406 Å². The van der Waals surface area contributed by atoms with E-state index >= 15 is 0 Å². The van der Waals surface area contributed by atoms with Crippen molar-refractivity contribution in [1.82, 2.24) is 9.78 Å². The number of rotatable bonds is 15. The van der Waals surface area contributed by atoms with Crippen molar-refractivity contribution in [3.05, 3.63) is 436 Å². The molecule has 15 aromatic rings. The van der Waals surface area contributed by atoms with E-state index in [1.807, 2.05) is 28.9 Å². The minimum absolute atomic E-state index is 0. The Kier molecular flexibility index (Phi) is 27.3. The van der Waals surface area contributed by atoms with Gasteiger partial charge in [-0.2, -0.15) is 5.10 Å².